The maximum absolute atomic E-state index is 14.0. The SMILES string of the molecule is Cc1ccc(-c2cc(C(=O)N3CCN(C)c4nc5ccccc5nc43)c3c(C)noc3n2)s1. The minimum atomic E-state index is -0.165. The Morgan fingerprint density at radius 2 is 1.76 bits per heavy atom. The standard InChI is InChI=1S/C24H20N6O2S/c1-13-8-9-19(33-13)18-12-15(20-14(2)28-32-23(20)27-18)24(31)30-11-10-29(3)21-22(30)26-17-7-5-4-6-16(17)25-21/h4-9,12H,10-11H2,1-3H3. The third kappa shape index (κ3) is 3.15. The van der Waals surface area contributed by atoms with E-state index in [9.17, 15) is 4.79 Å². The number of fused-ring (bicyclic) bond motifs is 3. The summed E-state index contributed by atoms with van der Waals surface area (Å²) in [6.07, 6.45) is 0. The van der Waals surface area contributed by atoms with E-state index < -0.39 is 0 Å². The first-order valence-electron chi connectivity index (χ1n) is 10.6. The third-order valence-electron chi connectivity index (χ3n) is 5.90. The van der Waals surface area contributed by atoms with Gasteiger partial charge in [-0.15, -0.1) is 11.3 Å². The van der Waals surface area contributed by atoms with Gasteiger partial charge < -0.3 is 9.42 Å². The highest BCUT2D eigenvalue weighted by Crippen LogP contribution is 2.35. The first-order valence-corrected chi connectivity index (χ1v) is 11.4. The predicted octanol–water partition coefficient (Wildman–Crippen LogP) is 4.61. The lowest BCUT2D eigenvalue weighted by molar-refractivity contribution is 0.0987. The van der Waals surface area contributed by atoms with Crippen molar-refractivity contribution in [3.8, 4) is 10.6 Å². The van der Waals surface area contributed by atoms with Crippen molar-refractivity contribution in [2.24, 2.45) is 0 Å². The van der Waals surface area contributed by atoms with Gasteiger partial charge in [-0.25, -0.2) is 15.0 Å². The van der Waals surface area contributed by atoms with Gasteiger partial charge in [-0.3, -0.25) is 9.69 Å². The Hall–Kier alpha value is -3.85. The number of carbonyl (C=O) groups excluding carboxylic acids is 1. The van der Waals surface area contributed by atoms with Gasteiger partial charge in [0.05, 0.1) is 38.2 Å². The Bertz CT molecular complexity index is 1560. The number of carbonyl (C=O) groups is 1. The number of aromatic nitrogens is 4. The van der Waals surface area contributed by atoms with Gasteiger partial charge in [0.25, 0.3) is 11.6 Å². The molecule has 0 bridgehead atoms. The largest absolute Gasteiger partial charge is 0.355 e. The maximum Gasteiger partial charge on any atom is 0.260 e. The molecule has 5 heterocycles. The molecule has 4 aromatic heterocycles. The van der Waals surface area contributed by atoms with Crippen molar-refractivity contribution in [3.05, 3.63) is 58.6 Å². The van der Waals surface area contributed by atoms with E-state index in [1.807, 2.05) is 68.3 Å². The molecule has 1 aliphatic rings. The lowest BCUT2D eigenvalue weighted by atomic mass is 10.1. The Labute approximate surface area is 193 Å². The number of hydrogen-bond acceptors (Lipinski definition) is 8. The van der Waals surface area contributed by atoms with E-state index in [-0.39, 0.29) is 5.91 Å². The van der Waals surface area contributed by atoms with Crippen molar-refractivity contribution in [3.63, 3.8) is 0 Å². The zero-order valence-electron chi connectivity index (χ0n) is 18.4. The van der Waals surface area contributed by atoms with Crippen LogP contribution in [0.25, 0.3) is 32.7 Å². The van der Waals surface area contributed by atoms with Crippen LogP contribution in [0.4, 0.5) is 11.6 Å². The molecule has 1 amide bonds. The summed E-state index contributed by atoms with van der Waals surface area (Å²) in [4.78, 5) is 34.1. The van der Waals surface area contributed by atoms with Crippen LogP contribution in [0.1, 0.15) is 20.9 Å². The van der Waals surface area contributed by atoms with E-state index in [0.717, 1.165) is 15.9 Å². The van der Waals surface area contributed by atoms with Gasteiger partial charge in [-0.05, 0) is 44.2 Å². The lowest BCUT2D eigenvalue weighted by Crippen LogP contribution is -2.44. The normalized spacial score (nSPS) is 13.7. The van der Waals surface area contributed by atoms with Crippen molar-refractivity contribution >= 4 is 51.0 Å². The fraction of sp³-hybridized carbons (Fsp3) is 0.208. The van der Waals surface area contributed by atoms with E-state index in [1.165, 1.54) is 4.88 Å². The highest BCUT2D eigenvalue weighted by molar-refractivity contribution is 7.15. The van der Waals surface area contributed by atoms with Crippen LogP contribution >= 0.6 is 11.3 Å². The number of nitrogens with zero attached hydrogens (tertiary/aromatic N) is 6. The fourth-order valence-electron chi connectivity index (χ4n) is 4.19. The summed E-state index contributed by atoms with van der Waals surface area (Å²) in [5.74, 6) is 1.08. The summed E-state index contributed by atoms with van der Waals surface area (Å²) in [5.41, 5.74) is 3.74. The molecule has 0 fully saturated rings. The van der Waals surface area contributed by atoms with Gasteiger partial charge >= 0.3 is 0 Å². The topological polar surface area (TPSA) is 88.3 Å². The molecule has 0 aliphatic carbocycles. The summed E-state index contributed by atoms with van der Waals surface area (Å²) < 4.78 is 5.48. The highest BCUT2D eigenvalue weighted by Gasteiger charge is 2.31. The Balaban J connectivity index is 1.53. The second-order valence-electron chi connectivity index (χ2n) is 8.15. The average Bonchev–Trinajstić information content (AvgIpc) is 3.43. The second kappa shape index (κ2) is 7.35. The van der Waals surface area contributed by atoms with Crippen LogP contribution in [0.5, 0.6) is 0 Å². The van der Waals surface area contributed by atoms with Crippen LogP contribution in [-0.4, -0.2) is 46.2 Å². The summed E-state index contributed by atoms with van der Waals surface area (Å²) in [6, 6.07) is 13.6. The minimum absolute atomic E-state index is 0.165. The number of pyridine rings is 1. The number of aryl methyl sites for hydroxylation is 2. The fourth-order valence-corrected chi connectivity index (χ4v) is 5.01. The molecule has 8 nitrogen and oxygen atoms in total. The van der Waals surface area contributed by atoms with Crippen LogP contribution in [-0.2, 0) is 0 Å². The van der Waals surface area contributed by atoms with Gasteiger partial charge in [0.1, 0.15) is 0 Å². The van der Waals surface area contributed by atoms with Crippen LogP contribution in [0, 0.1) is 13.8 Å². The van der Waals surface area contributed by atoms with E-state index in [1.54, 1.807) is 16.2 Å². The van der Waals surface area contributed by atoms with Crippen molar-refractivity contribution in [1.29, 1.82) is 0 Å². The van der Waals surface area contributed by atoms with Crippen LogP contribution < -0.4 is 9.80 Å². The number of anilines is 2. The summed E-state index contributed by atoms with van der Waals surface area (Å²) in [6.45, 7) is 5.02. The molecular weight excluding hydrogens is 436 g/mol. The molecule has 164 valence electrons. The molecule has 0 saturated carbocycles. The van der Waals surface area contributed by atoms with Crippen LogP contribution in [0.2, 0.25) is 0 Å². The molecule has 0 unspecified atom stereocenters. The van der Waals surface area contributed by atoms with Crippen molar-refractivity contribution in [2.75, 3.05) is 29.9 Å². The Morgan fingerprint density at radius 1 is 1.00 bits per heavy atom. The van der Waals surface area contributed by atoms with E-state index >= 15 is 0 Å². The summed E-state index contributed by atoms with van der Waals surface area (Å²) in [7, 11) is 1.97. The first kappa shape index (κ1) is 19.8. The predicted molar refractivity (Wildman–Crippen MR) is 129 cm³/mol. The average molecular weight is 457 g/mol. The molecular formula is C24H20N6O2S. The van der Waals surface area contributed by atoms with Gasteiger partial charge in [-0.1, -0.05) is 17.3 Å². The van der Waals surface area contributed by atoms with Gasteiger partial charge in [-0.2, -0.15) is 0 Å². The molecule has 0 N–H and O–H groups in total. The van der Waals surface area contributed by atoms with E-state index in [0.29, 0.717) is 52.8 Å². The number of benzene rings is 1. The minimum Gasteiger partial charge on any atom is -0.355 e. The van der Waals surface area contributed by atoms with Crippen LogP contribution in [0.15, 0.2) is 47.0 Å². The monoisotopic (exact) mass is 456 g/mol. The Morgan fingerprint density at radius 3 is 2.48 bits per heavy atom. The van der Waals surface area contributed by atoms with Crippen LogP contribution in [0.3, 0.4) is 0 Å². The van der Waals surface area contributed by atoms with E-state index in [4.69, 9.17) is 14.5 Å². The highest BCUT2D eigenvalue weighted by atomic mass is 32.1. The quantitative estimate of drug-likeness (QED) is 0.383. The van der Waals surface area contributed by atoms with E-state index in [2.05, 4.69) is 10.1 Å². The molecule has 1 aliphatic heterocycles. The zero-order chi connectivity index (χ0) is 22.7. The zero-order valence-corrected chi connectivity index (χ0v) is 19.2. The second-order valence-corrected chi connectivity index (χ2v) is 9.44. The van der Waals surface area contributed by atoms with Gasteiger partial charge in [0, 0.05) is 25.0 Å². The number of thiophene rings is 1. The third-order valence-corrected chi connectivity index (χ3v) is 6.92. The number of likely N-dealkylation sites (N-methyl/N-ethyl adjacent to an activating group) is 1. The Kier molecular flexibility index (Phi) is 4.41. The number of hydrogen-bond donors (Lipinski definition) is 0. The molecule has 0 saturated heterocycles. The number of para-hydroxylation sites is 2. The smallest absolute Gasteiger partial charge is 0.260 e. The number of amides is 1. The van der Waals surface area contributed by atoms with Gasteiger partial charge in [0.2, 0.25) is 0 Å². The molecule has 6 rings (SSSR count). The molecule has 0 atom stereocenters. The number of rotatable bonds is 2. The first-order chi connectivity index (χ1) is 16.0. The molecule has 0 radical (unpaired) electrons. The maximum atomic E-state index is 14.0. The summed E-state index contributed by atoms with van der Waals surface area (Å²) in [5, 5.41) is 4.71. The molecule has 33 heavy (non-hydrogen) atoms. The summed E-state index contributed by atoms with van der Waals surface area (Å²) >= 11 is 1.62. The van der Waals surface area contributed by atoms with Gasteiger partial charge in [0.15, 0.2) is 11.6 Å². The molecule has 9 heteroatoms. The molecule has 0 spiro atoms. The van der Waals surface area contributed by atoms with Crippen molar-refractivity contribution < 1.29 is 9.32 Å². The molecule has 5 aromatic rings. The molecule has 1 aromatic carbocycles. The van der Waals surface area contributed by atoms with Crippen molar-refractivity contribution in [2.45, 2.75) is 13.8 Å². The van der Waals surface area contributed by atoms with Crippen molar-refractivity contribution in [1.82, 2.24) is 20.1 Å². The lowest BCUT2D eigenvalue weighted by Gasteiger charge is -2.33.